The molecular formula is C17H20N6O3. The molecule has 1 aromatic carbocycles. The molecule has 4 atom stereocenters. The van der Waals surface area contributed by atoms with Crippen LogP contribution in [0.2, 0.25) is 0 Å². The lowest BCUT2D eigenvalue weighted by atomic mass is 9.71. The summed E-state index contributed by atoms with van der Waals surface area (Å²) in [6, 6.07) is 7.06. The average Bonchev–Trinajstić information content (AvgIpc) is 3.28. The molecule has 2 amide bonds. The molecule has 2 fully saturated rings. The molecule has 1 aliphatic heterocycles. The third-order valence-electron chi connectivity index (χ3n) is 5.01. The maximum atomic E-state index is 12.6. The van der Waals surface area contributed by atoms with Gasteiger partial charge >= 0.3 is 0 Å². The van der Waals surface area contributed by atoms with E-state index in [9.17, 15) is 9.59 Å². The molecule has 2 aromatic rings. The summed E-state index contributed by atoms with van der Waals surface area (Å²) in [7, 11) is 0. The molecule has 0 unspecified atom stereocenters. The Morgan fingerprint density at radius 1 is 1.23 bits per heavy atom. The fourth-order valence-corrected chi connectivity index (χ4v) is 3.75. The lowest BCUT2D eigenvalue weighted by Crippen LogP contribution is -2.70. The van der Waals surface area contributed by atoms with Gasteiger partial charge in [-0.15, -0.1) is 5.10 Å². The van der Waals surface area contributed by atoms with Crippen LogP contribution in [0, 0.1) is 5.92 Å². The zero-order chi connectivity index (χ0) is 18.1. The van der Waals surface area contributed by atoms with Crippen LogP contribution in [-0.4, -0.2) is 56.8 Å². The quantitative estimate of drug-likeness (QED) is 0.764. The first-order chi connectivity index (χ1) is 12.6. The van der Waals surface area contributed by atoms with Crippen LogP contribution in [0.25, 0.3) is 0 Å². The highest BCUT2D eigenvalue weighted by Crippen LogP contribution is 2.39. The van der Waals surface area contributed by atoms with E-state index < -0.39 is 0 Å². The number of ether oxygens (including phenoxy) is 1. The van der Waals surface area contributed by atoms with Crippen molar-refractivity contribution in [2.75, 3.05) is 6.61 Å². The Morgan fingerprint density at radius 3 is 2.73 bits per heavy atom. The number of aromatic nitrogens is 4. The number of carbonyl (C=O) groups is 2. The number of benzene rings is 1. The van der Waals surface area contributed by atoms with E-state index in [1.165, 1.54) is 6.92 Å². The fraction of sp³-hybridized carbons (Fsp3) is 0.471. The monoisotopic (exact) mass is 356 g/mol. The predicted octanol–water partition coefficient (Wildman–Crippen LogP) is -0.257. The number of hydrogen-bond donors (Lipinski definition) is 2. The van der Waals surface area contributed by atoms with Crippen molar-refractivity contribution in [2.24, 2.45) is 5.92 Å². The molecule has 2 heterocycles. The Labute approximate surface area is 150 Å². The molecule has 9 heteroatoms. The standard InChI is InChI=1S/C17H20N6O3/c1-10(24)19-15-14(13-6-7-26-16(13)15)20-17(25)12-4-2-11(3-5-12)8-23-9-18-21-22-23/h2-5,9,13-16H,6-8H2,1H3,(H,19,24)(H,20,25)/t13-,14+,15-,16-/m0/s1. The number of amides is 2. The van der Waals surface area contributed by atoms with Crippen LogP contribution >= 0.6 is 0 Å². The third kappa shape index (κ3) is 3.17. The normalized spacial score (nSPS) is 26.7. The van der Waals surface area contributed by atoms with Crippen molar-refractivity contribution in [3.8, 4) is 0 Å². The van der Waals surface area contributed by atoms with Crippen molar-refractivity contribution in [1.82, 2.24) is 30.8 Å². The molecule has 2 N–H and O–H groups in total. The molecule has 1 saturated heterocycles. The third-order valence-corrected chi connectivity index (χ3v) is 5.01. The zero-order valence-corrected chi connectivity index (χ0v) is 14.3. The first kappa shape index (κ1) is 16.6. The van der Waals surface area contributed by atoms with E-state index in [1.807, 2.05) is 12.1 Å². The van der Waals surface area contributed by atoms with Gasteiger partial charge < -0.3 is 15.4 Å². The Morgan fingerprint density at radius 2 is 2.04 bits per heavy atom. The Kier molecular flexibility index (Phi) is 4.37. The largest absolute Gasteiger partial charge is 0.376 e. The first-order valence-corrected chi connectivity index (χ1v) is 8.61. The van der Waals surface area contributed by atoms with E-state index in [0.29, 0.717) is 18.7 Å². The Balaban J connectivity index is 1.40. The highest BCUT2D eigenvalue weighted by atomic mass is 16.5. The Hall–Kier alpha value is -2.81. The van der Waals surface area contributed by atoms with Crippen molar-refractivity contribution in [3.63, 3.8) is 0 Å². The lowest BCUT2D eigenvalue weighted by molar-refractivity contribution is -0.123. The van der Waals surface area contributed by atoms with Crippen LogP contribution in [0.4, 0.5) is 0 Å². The number of hydrogen-bond acceptors (Lipinski definition) is 6. The van der Waals surface area contributed by atoms with Gasteiger partial charge in [0.1, 0.15) is 6.33 Å². The fourth-order valence-electron chi connectivity index (χ4n) is 3.75. The second-order valence-electron chi connectivity index (χ2n) is 6.72. The van der Waals surface area contributed by atoms with Gasteiger partial charge in [0.2, 0.25) is 5.91 Å². The average molecular weight is 356 g/mol. The van der Waals surface area contributed by atoms with Gasteiger partial charge in [-0.2, -0.15) is 0 Å². The second-order valence-corrected chi connectivity index (χ2v) is 6.72. The van der Waals surface area contributed by atoms with E-state index in [2.05, 4.69) is 26.2 Å². The number of nitrogens with zero attached hydrogens (tertiary/aromatic N) is 4. The SMILES string of the molecule is CC(=O)N[C@H]1[C@H](NC(=O)c2ccc(Cn3cnnn3)cc2)[C@@H]2CCO[C@@H]21. The number of nitrogens with one attached hydrogen (secondary N) is 2. The van der Waals surface area contributed by atoms with Gasteiger partial charge in [0.05, 0.1) is 24.7 Å². The maximum absolute atomic E-state index is 12.6. The van der Waals surface area contributed by atoms with Crippen molar-refractivity contribution >= 4 is 11.8 Å². The molecule has 1 saturated carbocycles. The molecule has 136 valence electrons. The van der Waals surface area contributed by atoms with Crippen LogP contribution in [0.1, 0.15) is 29.3 Å². The van der Waals surface area contributed by atoms with Gasteiger partial charge in [0, 0.05) is 25.0 Å². The number of rotatable bonds is 5. The molecule has 2 aliphatic rings. The number of tetrazole rings is 1. The first-order valence-electron chi connectivity index (χ1n) is 8.61. The summed E-state index contributed by atoms with van der Waals surface area (Å²) >= 11 is 0. The highest BCUT2D eigenvalue weighted by Gasteiger charge is 2.54. The van der Waals surface area contributed by atoms with Crippen LogP contribution in [0.5, 0.6) is 0 Å². The van der Waals surface area contributed by atoms with E-state index >= 15 is 0 Å². The Bertz CT molecular complexity index is 791. The van der Waals surface area contributed by atoms with E-state index in [4.69, 9.17) is 4.74 Å². The summed E-state index contributed by atoms with van der Waals surface area (Å²) in [5.74, 6) is -0.00489. The smallest absolute Gasteiger partial charge is 0.251 e. The van der Waals surface area contributed by atoms with Crippen LogP contribution in [0.15, 0.2) is 30.6 Å². The summed E-state index contributed by atoms with van der Waals surface area (Å²) in [5.41, 5.74) is 1.58. The number of carbonyl (C=O) groups excluding carboxylic acids is 2. The summed E-state index contributed by atoms with van der Waals surface area (Å²) < 4.78 is 7.28. The molecule has 1 aliphatic carbocycles. The van der Waals surface area contributed by atoms with E-state index in [1.54, 1.807) is 23.1 Å². The minimum Gasteiger partial charge on any atom is -0.376 e. The van der Waals surface area contributed by atoms with Gasteiger partial charge in [-0.05, 0) is 34.5 Å². The van der Waals surface area contributed by atoms with Crippen molar-refractivity contribution in [3.05, 3.63) is 41.7 Å². The molecule has 0 bridgehead atoms. The minimum atomic E-state index is -0.164. The van der Waals surface area contributed by atoms with E-state index in [0.717, 1.165) is 12.0 Å². The van der Waals surface area contributed by atoms with Gasteiger partial charge in [-0.1, -0.05) is 12.1 Å². The van der Waals surface area contributed by atoms with Crippen LogP contribution < -0.4 is 10.6 Å². The molecule has 1 aromatic heterocycles. The molecule has 9 nitrogen and oxygen atoms in total. The molecule has 0 spiro atoms. The van der Waals surface area contributed by atoms with Crippen molar-refractivity contribution in [1.29, 1.82) is 0 Å². The second kappa shape index (κ2) is 6.83. The van der Waals surface area contributed by atoms with Gasteiger partial charge in [0.25, 0.3) is 5.91 Å². The minimum absolute atomic E-state index is 0.00265. The molecule has 0 radical (unpaired) electrons. The van der Waals surface area contributed by atoms with Gasteiger partial charge in [-0.25, -0.2) is 4.68 Å². The van der Waals surface area contributed by atoms with E-state index in [-0.39, 0.29) is 35.9 Å². The van der Waals surface area contributed by atoms with Crippen molar-refractivity contribution in [2.45, 2.75) is 38.1 Å². The lowest BCUT2D eigenvalue weighted by Gasteiger charge is -2.47. The van der Waals surface area contributed by atoms with Gasteiger partial charge in [0.15, 0.2) is 0 Å². The summed E-state index contributed by atoms with van der Waals surface area (Å²) in [6.45, 7) is 2.69. The van der Waals surface area contributed by atoms with Gasteiger partial charge in [-0.3, -0.25) is 9.59 Å². The summed E-state index contributed by atoms with van der Waals surface area (Å²) in [5, 5.41) is 17.0. The summed E-state index contributed by atoms with van der Waals surface area (Å²) in [6.07, 6.45) is 2.44. The van der Waals surface area contributed by atoms with Crippen LogP contribution in [0.3, 0.4) is 0 Å². The summed E-state index contributed by atoms with van der Waals surface area (Å²) in [4.78, 5) is 24.0. The zero-order valence-electron chi connectivity index (χ0n) is 14.3. The molecule has 4 rings (SSSR count). The number of fused-ring (bicyclic) bond motifs is 1. The van der Waals surface area contributed by atoms with Crippen molar-refractivity contribution < 1.29 is 14.3 Å². The van der Waals surface area contributed by atoms with Crippen LogP contribution in [-0.2, 0) is 16.1 Å². The molecular weight excluding hydrogens is 336 g/mol. The maximum Gasteiger partial charge on any atom is 0.251 e. The topological polar surface area (TPSA) is 111 Å². The highest BCUT2D eigenvalue weighted by molar-refractivity contribution is 5.94. The predicted molar refractivity (Wildman–Crippen MR) is 90.1 cm³/mol. The molecule has 26 heavy (non-hydrogen) atoms.